The molecule has 1 aromatic carbocycles. The Labute approximate surface area is 122 Å². The first-order chi connectivity index (χ1) is 8.67. The van der Waals surface area contributed by atoms with Gasteiger partial charge >= 0.3 is 0 Å². The van der Waals surface area contributed by atoms with Crippen molar-refractivity contribution in [1.82, 2.24) is 4.98 Å². The number of aryl methyl sites for hydroxylation is 1. The summed E-state index contributed by atoms with van der Waals surface area (Å²) in [6.07, 6.45) is 2.11. The summed E-state index contributed by atoms with van der Waals surface area (Å²) in [6.45, 7) is 7.53. The molecule has 18 heavy (non-hydrogen) atoms. The molecule has 0 aliphatic heterocycles. The van der Waals surface area contributed by atoms with Crippen LogP contribution in [-0.2, 0) is 6.42 Å². The average Bonchev–Trinajstić information content (AvgIpc) is 2.37. The Balaban J connectivity index is 2.66. The summed E-state index contributed by atoms with van der Waals surface area (Å²) in [4.78, 5) is 4.76. The number of hydrogen-bond acceptors (Lipinski definition) is 2. The van der Waals surface area contributed by atoms with Crippen LogP contribution >= 0.6 is 22.6 Å². The summed E-state index contributed by atoms with van der Waals surface area (Å²) in [7, 11) is 0. The number of nitrogens with zero attached hydrogens (tertiary/aromatic N) is 1. The maximum Gasteiger partial charge on any atom is 0.0727 e. The van der Waals surface area contributed by atoms with Crippen LogP contribution in [-0.4, -0.2) is 11.5 Å². The van der Waals surface area contributed by atoms with Crippen LogP contribution < -0.4 is 5.32 Å². The Kier molecular flexibility index (Phi) is 4.43. The standard InChI is InChI=1S/C15H19IN2/c1-4-8-17-15-10(3)13(5-2)18-14-7-6-11(16)9-12(14)15/h6-7,9H,4-5,8H2,1-3H3,(H,17,18). The van der Waals surface area contributed by atoms with Crippen molar-refractivity contribution in [3.63, 3.8) is 0 Å². The van der Waals surface area contributed by atoms with Gasteiger partial charge in [-0.2, -0.15) is 0 Å². The van der Waals surface area contributed by atoms with Gasteiger partial charge in [-0.25, -0.2) is 0 Å². The molecule has 0 radical (unpaired) electrons. The van der Waals surface area contributed by atoms with Crippen molar-refractivity contribution < 1.29 is 0 Å². The first-order valence-corrected chi connectivity index (χ1v) is 7.57. The van der Waals surface area contributed by atoms with Crippen LogP contribution in [0.4, 0.5) is 5.69 Å². The number of anilines is 1. The van der Waals surface area contributed by atoms with Crippen LogP contribution in [0.1, 0.15) is 31.5 Å². The predicted octanol–water partition coefficient (Wildman–Crippen LogP) is 4.53. The Hall–Kier alpha value is -0.840. The van der Waals surface area contributed by atoms with Crippen LogP contribution in [0.5, 0.6) is 0 Å². The lowest BCUT2D eigenvalue weighted by Crippen LogP contribution is -2.06. The van der Waals surface area contributed by atoms with Crippen molar-refractivity contribution in [3.05, 3.63) is 33.0 Å². The molecule has 0 unspecified atom stereocenters. The molecule has 2 nitrogen and oxygen atoms in total. The molecule has 0 aliphatic rings. The second kappa shape index (κ2) is 5.87. The summed E-state index contributed by atoms with van der Waals surface area (Å²) in [5.41, 5.74) is 4.84. The molecule has 96 valence electrons. The first-order valence-electron chi connectivity index (χ1n) is 6.50. The molecule has 0 aliphatic carbocycles. The van der Waals surface area contributed by atoms with Crippen LogP contribution in [0.25, 0.3) is 10.9 Å². The van der Waals surface area contributed by atoms with E-state index >= 15 is 0 Å². The van der Waals surface area contributed by atoms with E-state index in [-0.39, 0.29) is 0 Å². The molecule has 1 N–H and O–H groups in total. The highest BCUT2D eigenvalue weighted by Crippen LogP contribution is 2.29. The molecule has 0 bridgehead atoms. The van der Waals surface area contributed by atoms with Gasteiger partial charge in [-0.05, 0) is 66.1 Å². The Bertz CT molecular complexity index is 564. The third-order valence-corrected chi connectivity index (χ3v) is 3.85. The fourth-order valence-corrected chi connectivity index (χ4v) is 2.69. The zero-order chi connectivity index (χ0) is 13.1. The number of halogens is 1. The van der Waals surface area contributed by atoms with E-state index in [1.165, 1.54) is 25.9 Å². The molecule has 2 aromatic rings. The van der Waals surface area contributed by atoms with Crippen LogP contribution in [0.15, 0.2) is 18.2 Å². The van der Waals surface area contributed by atoms with E-state index in [9.17, 15) is 0 Å². The van der Waals surface area contributed by atoms with Crippen molar-refractivity contribution in [2.75, 3.05) is 11.9 Å². The topological polar surface area (TPSA) is 24.9 Å². The van der Waals surface area contributed by atoms with E-state index in [1.807, 2.05) is 0 Å². The molecule has 0 saturated carbocycles. The van der Waals surface area contributed by atoms with Crippen molar-refractivity contribution >= 4 is 39.2 Å². The summed E-state index contributed by atoms with van der Waals surface area (Å²) in [5, 5.41) is 4.80. The normalized spacial score (nSPS) is 10.9. The lowest BCUT2D eigenvalue weighted by atomic mass is 10.1. The highest BCUT2D eigenvalue weighted by atomic mass is 127. The second-order valence-corrected chi connectivity index (χ2v) is 5.75. The van der Waals surface area contributed by atoms with Crippen molar-refractivity contribution in [2.45, 2.75) is 33.6 Å². The number of nitrogens with one attached hydrogen (secondary N) is 1. The molecule has 1 heterocycles. The van der Waals surface area contributed by atoms with Crippen LogP contribution in [0, 0.1) is 10.5 Å². The number of rotatable bonds is 4. The molecule has 0 atom stereocenters. The monoisotopic (exact) mass is 354 g/mol. The van der Waals surface area contributed by atoms with E-state index in [0.29, 0.717) is 0 Å². The highest BCUT2D eigenvalue weighted by molar-refractivity contribution is 14.1. The smallest absolute Gasteiger partial charge is 0.0727 e. The number of fused-ring (bicyclic) bond motifs is 1. The lowest BCUT2D eigenvalue weighted by Gasteiger charge is -2.15. The van der Waals surface area contributed by atoms with Gasteiger partial charge in [0, 0.05) is 26.9 Å². The number of hydrogen-bond donors (Lipinski definition) is 1. The maximum atomic E-state index is 4.76. The molecule has 0 amide bonds. The van der Waals surface area contributed by atoms with Crippen molar-refractivity contribution in [1.29, 1.82) is 0 Å². The maximum absolute atomic E-state index is 4.76. The molecular formula is C15H19IN2. The van der Waals surface area contributed by atoms with Gasteiger partial charge in [0.2, 0.25) is 0 Å². The van der Waals surface area contributed by atoms with E-state index < -0.39 is 0 Å². The lowest BCUT2D eigenvalue weighted by molar-refractivity contribution is 0.970. The molecular weight excluding hydrogens is 335 g/mol. The fourth-order valence-electron chi connectivity index (χ4n) is 2.20. The quantitative estimate of drug-likeness (QED) is 0.816. The van der Waals surface area contributed by atoms with Gasteiger partial charge in [0.25, 0.3) is 0 Å². The SMILES string of the molecule is CCCNc1c(C)c(CC)nc2ccc(I)cc12. The second-order valence-electron chi connectivity index (χ2n) is 4.50. The zero-order valence-corrected chi connectivity index (χ0v) is 13.3. The van der Waals surface area contributed by atoms with Gasteiger partial charge in [0.15, 0.2) is 0 Å². The third-order valence-electron chi connectivity index (χ3n) is 3.18. The molecule has 0 spiro atoms. The van der Waals surface area contributed by atoms with E-state index in [1.54, 1.807) is 0 Å². The van der Waals surface area contributed by atoms with Gasteiger partial charge in [-0.15, -0.1) is 0 Å². The largest absolute Gasteiger partial charge is 0.384 e. The molecule has 3 heteroatoms. The third kappa shape index (κ3) is 2.60. The van der Waals surface area contributed by atoms with E-state index in [2.05, 4.69) is 66.9 Å². The minimum Gasteiger partial charge on any atom is -0.384 e. The van der Waals surface area contributed by atoms with Gasteiger partial charge in [-0.3, -0.25) is 4.98 Å². The van der Waals surface area contributed by atoms with Gasteiger partial charge in [0.1, 0.15) is 0 Å². The minimum atomic E-state index is 0.981. The average molecular weight is 354 g/mol. The highest BCUT2D eigenvalue weighted by Gasteiger charge is 2.10. The summed E-state index contributed by atoms with van der Waals surface area (Å²) < 4.78 is 1.25. The Morgan fingerprint density at radius 3 is 2.72 bits per heavy atom. The molecule has 1 aromatic heterocycles. The fraction of sp³-hybridized carbons (Fsp3) is 0.400. The predicted molar refractivity (Wildman–Crippen MR) is 87.4 cm³/mol. The van der Waals surface area contributed by atoms with E-state index in [4.69, 9.17) is 4.98 Å². The first kappa shape index (κ1) is 13.6. The summed E-state index contributed by atoms with van der Waals surface area (Å²) >= 11 is 2.36. The van der Waals surface area contributed by atoms with Crippen LogP contribution in [0.2, 0.25) is 0 Å². The summed E-state index contributed by atoms with van der Waals surface area (Å²) in [6, 6.07) is 6.45. The van der Waals surface area contributed by atoms with Crippen molar-refractivity contribution in [3.8, 4) is 0 Å². The molecule has 0 saturated heterocycles. The summed E-state index contributed by atoms with van der Waals surface area (Å²) in [5.74, 6) is 0. The van der Waals surface area contributed by atoms with Crippen LogP contribution in [0.3, 0.4) is 0 Å². The number of aromatic nitrogens is 1. The Morgan fingerprint density at radius 2 is 2.06 bits per heavy atom. The zero-order valence-electron chi connectivity index (χ0n) is 11.2. The Morgan fingerprint density at radius 1 is 1.28 bits per heavy atom. The number of pyridine rings is 1. The van der Waals surface area contributed by atoms with Crippen molar-refractivity contribution in [2.24, 2.45) is 0 Å². The number of benzene rings is 1. The van der Waals surface area contributed by atoms with E-state index in [0.717, 1.165) is 24.9 Å². The van der Waals surface area contributed by atoms with Gasteiger partial charge < -0.3 is 5.32 Å². The van der Waals surface area contributed by atoms with Gasteiger partial charge in [-0.1, -0.05) is 13.8 Å². The molecule has 2 rings (SSSR count). The van der Waals surface area contributed by atoms with Gasteiger partial charge in [0.05, 0.1) is 5.52 Å². The molecule has 0 fully saturated rings. The minimum absolute atomic E-state index is 0.981.